The average Bonchev–Trinajstić information content (AvgIpc) is 2.89. The highest BCUT2D eigenvalue weighted by Gasteiger charge is 2.07. The molecule has 0 atom stereocenters. The molecule has 0 aliphatic rings. The summed E-state index contributed by atoms with van der Waals surface area (Å²) < 4.78 is 2.22. The standard InChI is InChI=1S/C17H11BrN2S/c18-13-4-3-10-7-12(2-1-11(10)8-13)17-20-15-6-5-14(19)9-16(15)21-17/h1-9H,19H2. The van der Waals surface area contributed by atoms with Crippen molar-refractivity contribution in [3.05, 3.63) is 59.1 Å². The zero-order valence-corrected chi connectivity index (χ0v) is 13.4. The van der Waals surface area contributed by atoms with E-state index < -0.39 is 0 Å². The number of thiazole rings is 1. The van der Waals surface area contributed by atoms with Crippen LogP contribution in [0.3, 0.4) is 0 Å². The number of hydrogen-bond donors (Lipinski definition) is 1. The quantitative estimate of drug-likeness (QED) is 0.461. The molecule has 3 aromatic carbocycles. The van der Waals surface area contributed by atoms with Gasteiger partial charge in [0.2, 0.25) is 0 Å². The Hall–Kier alpha value is -1.91. The van der Waals surface area contributed by atoms with Gasteiger partial charge in [-0.05, 0) is 47.2 Å². The average molecular weight is 355 g/mol. The maximum Gasteiger partial charge on any atom is 0.124 e. The third-order valence-electron chi connectivity index (χ3n) is 3.46. The summed E-state index contributed by atoms with van der Waals surface area (Å²) in [5.41, 5.74) is 8.76. The van der Waals surface area contributed by atoms with Crippen LogP contribution in [-0.2, 0) is 0 Å². The summed E-state index contributed by atoms with van der Waals surface area (Å²) in [6.07, 6.45) is 0. The maximum absolute atomic E-state index is 5.83. The second kappa shape index (κ2) is 4.83. The van der Waals surface area contributed by atoms with Crippen molar-refractivity contribution in [3.63, 3.8) is 0 Å². The maximum atomic E-state index is 5.83. The van der Waals surface area contributed by atoms with Crippen molar-refractivity contribution in [2.75, 3.05) is 5.73 Å². The molecule has 4 aromatic rings. The third kappa shape index (κ3) is 2.30. The van der Waals surface area contributed by atoms with E-state index in [0.717, 1.165) is 30.9 Å². The third-order valence-corrected chi connectivity index (χ3v) is 5.02. The van der Waals surface area contributed by atoms with Crippen LogP contribution in [0.2, 0.25) is 0 Å². The van der Waals surface area contributed by atoms with E-state index in [4.69, 9.17) is 10.7 Å². The second-order valence-corrected chi connectivity index (χ2v) is 6.90. The predicted molar refractivity (Wildman–Crippen MR) is 94.7 cm³/mol. The van der Waals surface area contributed by atoms with Gasteiger partial charge in [0.25, 0.3) is 0 Å². The fraction of sp³-hybridized carbons (Fsp3) is 0. The van der Waals surface area contributed by atoms with E-state index in [1.165, 1.54) is 10.8 Å². The smallest absolute Gasteiger partial charge is 0.124 e. The fourth-order valence-electron chi connectivity index (χ4n) is 2.41. The van der Waals surface area contributed by atoms with Gasteiger partial charge in [0, 0.05) is 15.7 Å². The molecular formula is C17H11BrN2S. The van der Waals surface area contributed by atoms with Crippen LogP contribution in [0.4, 0.5) is 5.69 Å². The van der Waals surface area contributed by atoms with E-state index in [1.807, 2.05) is 18.2 Å². The number of halogens is 1. The van der Waals surface area contributed by atoms with Crippen LogP contribution in [0, 0.1) is 0 Å². The molecule has 102 valence electrons. The molecule has 0 radical (unpaired) electrons. The summed E-state index contributed by atoms with van der Waals surface area (Å²) in [6.45, 7) is 0. The van der Waals surface area contributed by atoms with Crippen molar-refractivity contribution in [3.8, 4) is 10.6 Å². The highest BCUT2D eigenvalue weighted by atomic mass is 79.9. The zero-order valence-electron chi connectivity index (χ0n) is 11.0. The lowest BCUT2D eigenvalue weighted by atomic mass is 10.1. The van der Waals surface area contributed by atoms with Crippen molar-refractivity contribution < 1.29 is 0 Å². The minimum absolute atomic E-state index is 0.779. The molecule has 2 N–H and O–H groups in total. The summed E-state index contributed by atoms with van der Waals surface area (Å²) in [7, 11) is 0. The van der Waals surface area contributed by atoms with Gasteiger partial charge in [0.15, 0.2) is 0 Å². The lowest BCUT2D eigenvalue weighted by Crippen LogP contribution is -1.81. The summed E-state index contributed by atoms with van der Waals surface area (Å²) in [4.78, 5) is 4.70. The fourth-order valence-corrected chi connectivity index (χ4v) is 3.80. The van der Waals surface area contributed by atoms with Gasteiger partial charge in [0.1, 0.15) is 5.01 Å². The molecule has 4 rings (SSSR count). The SMILES string of the molecule is Nc1ccc2nc(-c3ccc4cc(Br)ccc4c3)sc2c1. The molecule has 0 aliphatic carbocycles. The molecule has 1 heterocycles. The van der Waals surface area contributed by atoms with Gasteiger partial charge in [-0.1, -0.05) is 34.1 Å². The summed E-state index contributed by atoms with van der Waals surface area (Å²) in [5, 5.41) is 3.47. The molecule has 0 fully saturated rings. The number of anilines is 1. The molecule has 21 heavy (non-hydrogen) atoms. The number of benzene rings is 3. The van der Waals surface area contributed by atoms with Crippen LogP contribution in [0.25, 0.3) is 31.6 Å². The van der Waals surface area contributed by atoms with E-state index in [1.54, 1.807) is 11.3 Å². The van der Waals surface area contributed by atoms with Crippen LogP contribution in [0.5, 0.6) is 0 Å². The molecule has 0 bridgehead atoms. The first kappa shape index (κ1) is 12.8. The van der Waals surface area contributed by atoms with Crippen molar-refractivity contribution in [2.45, 2.75) is 0 Å². The van der Waals surface area contributed by atoms with Crippen molar-refractivity contribution in [2.24, 2.45) is 0 Å². The molecule has 0 aliphatic heterocycles. The molecule has 0 spiro atoms. The van der Waals surface area contributed by atoms with Gasteiger partial charge in [0.05, 0.1) is 10.2 Å². The van der Waals surface area contributed by atoms with Gasteiger partial charge in [-0.25, -0.2) is 4.98 Å². The van der Waals surface area contributed by atoms with Crippen molar-refractivity contribution in [1.29, 1.82) is 0 Å². The Labute approximate surface area is 134 Å². The minimum atomic E-state index is 0.779. The summed E-state index contributed by atoms with van der Waals surface area (Å²) in [5.74, 6) is 0. The molecule has 0 saturated carbocycles. The molecule has 0 unspecified atom stereocenters. The zero-order chi connectivity index (χ0) is 14.4. The number of nitrogen functional groups attached to an aromatic ring is 1. The Bertz CT molecular complexity index is 975. The molecule has 2 nitrogen and oxygen atoms in total. The lowest BCUT2D eigenvalue weighted by molar-refractivity contribution is 1.48. The Morgan fingerprint density at radius 2 is 1.71 bits per heavy atom. The van der Waals surface area contributed by atoms with Gasteiger partial charge in [-0.2, -0.15) is 0 Å². The summed E-state index contributed by atoms with van der Waals surface area (Å²) in [6, 6.07) is 18.6. The first-order valence-corrected chi connectivity index (χ1v) is 8.16. The second-order valence-electron chi connectivity index (χ2n) is 4.95. The highest BCUT2D eigenvalue weighted by molar-refractivity contribution is 9.10. The van der Waals surface area contributed by atoms with Gasteiger partial charge < -0.3 is 5.73 Å². The largest absolute Gasteiger partial charge is 0.399 e. The lowest BCUT2D eigenvalue weighted by Gasteiger charge is -2.01. The topological polar surface area (TPSA) is 38.9 Å². The molecule has 0 amide bonds. The molecule has 1 aromatic heterocycles. The molecular weight excluding hydrogens is 344 g/mol. The number of hydrogen-bond acceptors (Lipinski definition) is 3. The normalized spacial score (nSPS) is 11.3. The van der Waals surface area contributed by atoms with Crippen molar-refractivity contribution >= 4 is 53.9 Å². The minimum Gasteiger partial charge on any atom is -0.399 e. The number of aromatic nitrogens is 1. The van der Waals surface area contributed by atoms with Crippen LogP contribution >= 0.6 is 27.3 Å². The first-order valence-electron chi connectivity index (χ1n) is 6.55. The van der Waals surface area contributed by atoms with E-state index in [2.05, 4.69) is 52.3 Å². The predicted octanol–water partition coefficient (Wildman–Crippen LogP) is 5.46. The first-order chi connectivity index (χ1) is 10.2. The van der Waals surface area contributed by atoms with Gasteiger partial charge in [-0.3, -0.25) is 0 Å². The number of rotatable bonds is 1. The van der Waals surface area contributed by atoms with E-state index >= 15 is 0 Å². The molecule has 0 saturated heterocycles. The Morgan fingerprint density at radius 3 is 2.62 bits per heavy atom. The van der Waals surface area contributed by atoms with Crippen LogP contribution in [0.15, 0.2) is 59.1 Å². The monoisotopic (exact) mass is 354 g/mol. The Balaban J connectivity index is 1.89. The number of fused-ring (bicyclic) bond motifs is 2. The Morgan fingerprint density at radius 1 is 0.905 bits per heavy atom. The van der Waals surface area contributed by atoms with Crippen LogP contribution in [0.1, 0.15) is 0 Å². The van der Waals surface area contributed by atoms with E-state index in [9.17, 15) is 0 Å². The van der Waals surface area contributed by atoms with E-state index in [-0.39, 0.29) is 0 Å². The number of nitrogens with zero attached hydrogens (tertiary/aromatic N) is 1. The highest BCUT2D eigenvalue weighted by Crippen LogP contribution is 2.33. The van der Waals surface area contributed by atoms with E-state index in [0.29, 0.717) is 0 Å². The van der Waals surface area contributed by atoms with Crippen LogP contribution < -0.4 is 5.73 Å². The summed E-state index contributed by atoms with van der Waals surface area (Å²) >= 11 is 5.18. The van der Waals surface area contributed by atoms with Crippen molar-refractivity contribution in [1.82, 2.24) is 4.98 Å². The van der Waals surface area contributed by atoms with Crippen LogP contribution in [-0.4, -0.2) is 4.98 Å². The molecule has 4 heteroatoms. The van der Waals surface area contributed by atoms with Gasteiger partial charge in [-0.15, -0.1) is 11.3 Å². The number of nitrogens with two attached hydrogens (primary N) is 1. The van der Waals surface area contributed by atoms with Gasteiger partial charge >= 0.3 is 0 Å². The Kier molecular flexibility index (Phi) is 2.94.